The summed E-state index contributed by atoms with van der Waals surface area (Å²) in [5.74, 6) is 0.692. The van der Waals surface area contributed by atoms with Crippen LogP contribution >= 0.6 is 0 Å². The molecule has 2 saturated carbocycles. The SMILES string of the molecule is Cc1ncc(N2C[C@]3(CC[C@](c4ccccc4)(N(C)C)CC3)N(CC3(O)CCC3)C2=O)cn1. The van der Waals surface area contributed by atoms with Crippen LogP contribution in [0.1, 0.15) is 56.3 Å². The minimum Gasteiger partial charge on any atom is -0.388 e. The molecule has 2 aromatic rings. The first-order chi connectivity index (χ1) is 15.8. The van der Waals surface area contributed by atoms with Crippen LogP contribution in [0.3, 0.4) is 0 Å². The van der Waals surface area contributed by atoms with Crippen LogP contribution in [-0.2, 0) is 5.54 Å². The van der Waals surface area contributed by atoms with Gasteiger partial charge in [-0.15, -0.1) is 0 Å². The van der Waals surface area contributed by atoms with Gasteiger partial charge in [0.2, 0.25) is 0 Å². The summed E-state index contributed by atoms with van der Waals surface area (Å²) >= 11 is 0. The third kappa shape index (κ3) is 3.71. The van der Waals surface area contributed by atoms with Gasteiger partial charge in [-0.3, -0.25) is 9.80 Å². The van der Waals surface area contributed by atoms with E-state index in [2.05, 4.69) is 59.3 Å². The predicted molar refractivity (Wildman–Crippen MR) is 128 cm³/mol. The number of urea groups is 1. The molecule has 3 aliphatic rings. The number of aliphatic hydroxyl groups is 1. The van der Waals surface area contributed by atoms with Crippen LogP contribution in [0, 0.1) is 6.92 Å². The van der Waals surface area contributed by atoms with Crippen LogP contribution in [0.5, 0.6) is 0 Å². The molecule has 1 N–H and O–H groups in total. The lowest BCUT2D eigenvalue weighted by molar-refractivity contribution is -0.0725. The average molecular weight is 450 g/mol. The largest absolute Gasteiger partial charge is 0.388 e. The summed E-state index contributed by atoms with van der Waals surface area (Å²) in [4.78, 5) is 28.5. The second kappa shape index (κ2) is 8.06. The molecule has 5 rings (SSSR count). The van der Waals surface area contributed by atoms with Crippen molar-refractivity contribution in [3.63, 3.8) is 0 Å². The van der Waals surface area contributed by atoms with Gasteiger partial charge in [0, 0.05) is 5.54 Å². The number of rotatable bonds is 5. The Morgan fingerprint density at radius 1 is 1.00 bits per heavy atom. The van der Waals surface area contributed by atoms with Crippen molar-refractivity contribution in [2.24, 2.45) is 0 Å². The smallest absolute Gasteiger partial charge is 0.325 e. The van der Waals surface area contributed by atoms with E-state index in [0.717, 1.165) is 50.6 Å². The van der Waals surface area contributed by atoms with Crippen molar-refractivity contribution < 1.29 is 9.90 Å². The second-order valence-electron chi connectivity index (χ2n) is 10.5. The first-order valence-corrected chi connectivity index (χ1v) is 12.1. The highest BCUT2D eigenvalue weighted by Gasteiger charge is 2.56. The fourth-order valence-electron chi connectivity index (χ4n) is 6.09. The summed E-state index contributed by atoms with van der Waals surface area (Å²) in [5.41, 5.74) is 0.983. The van der Waals surface area contributed by atoms with Gasteiger partial charge in [0.25, 0.3) is 0 Å². The van der Waals surface area contributed by atoms with Gasteiger partial charge in [-0.2, -0.15) is 0 Å². The van der Waals surface area contributed by atoms with Crippen LogP contribution in [-0.4, -0.2) is 69.2 Å². The first kappa shape index (κ1) is 22.3. The first-order valence-electron chi connectivity index (χ1n) is 12.1. The third-order valence-electron chi connectivity index (χ3n) is 8.48. The number of carbonyl (C=O) groups is 1. The zero-order valence-corrected chi connectivity index (χ0v) is 20.0. The number of carbonyl (C=O) groups excluding carboxylic acids is 1. The zero-order chi connectivity index (χ0) is 23.3. The van der Waals surface area contributed by atoms with Gasteiger partial charge >= 0.3 is 6.03 Å². The minimum atomic E-state index is -0.752. The maximum atomic E-state index is 13.7. The molecule has 3 fully saturated rings. The lowest BCUT2D eigenvalue weighted by Gasteiger charge is -2.52. The van der Waals surface area contributed by atoms with Gasteiger partial charge in [0.15, 0.2) is 0 Å². The van der Waals surface area contributed by atoms with E-state index in [1.165, 1.54) is 5.56 Å². The Bertz CT molecular complexity index is 995. The summed E-state index contributed by atoms with van der Waals surface area (Å²) in [7, 11) is 4.32. The van der Waals surface area contributed by atoms with Gasteiger partial charge in [-0.25, -0.2) is 14.8 Å². The molecule has 2 aliphatic carbocycles. The van der Waals surface area contributed by atoms with Crippen molar-refractivity contribution in [1.82, 2.24) is 19.8 Å². The van der Waals surface area contributed by atoms with Gasteiger partial charge in [-0.1, -0.05) is 30.3 Å². The Balaban J connectivity index is 1.46. The molecule has 1 aliphatic heterocycles. The number of benzene rings is 1. The fourth-order valence-corrected chi connectivity index (χ4v) is 6.09. The van der Waals surface area contributed by atoms with E-state index in [4.69, 9.17) is 0 Å². The minimum absolute atomic E-state index is 0.0279. The van der Waals surface area contributed by atoms with Crippen molar-refractivity contribution in [3.8, 4) is 0 Å². The Morgan fingerprint density at radius 2 is 1.64 bits per heavy atom. The van der Waals surface area contributed by atoms with Crippen LogP contribution in [0.15, 0.2) is 42.7 Å². The lowest BCUT2D eigenvalue weighted by atomic mass is 9.67. The summed E-state index contributed by atoms with van der Waals surface area (Å²) in [6.45, 7) is 2.88. The molecule has 2 amide bonds. The van der Waals surface area contributed by atoms with E-state index < -0.39 is 5.60 Å². The van der Waals surface area contributed by atoms with Gasteiger partial charge in [0.05, 0.1) is 42.3 Å². The second-order valence-corrected chi connectivity index (χ2v) is 10.5. The number of β-amino-alcohol motifs (C(OH)–C–C–N with tert-alkyl or cyclic N) is 1. The van der Waals surface area contributed by atoms with Crippen LogP contribution < -0.4 is 4.90 Å². The summed E-state index contributed by atoms with van der Waals surface area (Å²) in [5, 5.41) is 11.0. The average Bonchev–Trinajstić information content (AvgIpc) is 3.06. The van der Waals surface area contributed by atoms with Crippen LogP contribution in [0.2, 0.25) is 0 Å². The topological polar surface area (TPSA) is 72.8 Å². The lowest BCUT2D eigenvalue weighted by Crippen LogP contribution is -2.59. The van der Waals surface area contributed by atoms with Crippen LogP contribution in [0.25, 0.3) is 0 Å². The molecular weight excluding hydrogens is 414 g/mol. The Morgan fingerprint density at radius 3 is 2.18 bits per heavy atom. The fraction of sp³-hybridized carbons (Fsp3) is 0.577. The van der Waals surface area contributed by atoms with Crippen molar-refractivity contribution >= 4 is 11.7 Å². The van der Waals surface area contributed by atoms with Crippen molar-refractivity contribution in [3.05, 3.63) is 54.1 Å². The zero-order valence-electron chi connectivity index (χ0n) is 20.0. The van der Waals surface area contributed by atoms with Gasteiger partial charge < -0.3 is 10.0 Å². The molecule has 33 heavy (non-hydrogen) atoms. The molecule has 2 heterocycles. The van der Waals surface area contributed by atoms with Crippen molar-refractivity contribution in [2.45, 2.75) is 68.5 Å². The highest BCUT2D eigenvalue weighted by molar-refractivity contribution is 5.95. The van der Waals surface area contributed by atoms with E-state index in [1.807, 2.05) is 16.7 Å². The van der Waals surface area contributed by atoms with Gasteiger partial charge in [0.1, 0.15) is 5.82 Å². The molecular formula is C26H35N5O2. The quantitative estimate of drug-likeness (QED) is 0.753. The van der Waals surface area contributed by atoms with E-state index in [1.54, 1.807) is 12.4 Å². The summed E-state index contributed by atoms with van der Waals surface area (Å²) < 4.78 is 0. The maximum Gasteiger partial charge on any atom is 0.325 e. The monoisotopic (exact) mass is 449 g/mol. The molecule has 0 bridgehead atoms. The van der Waals surface area contributed by atoms with Gasteiger partial charge in [-0.05, 0) is 71.5 Å². The number of nitrogens with zero attached hydrogens (tertiary/aromatic N) is 5. The molecule has 176 valence electrons. The number of aromatic nitrogens is 2. The van der Waals surface area contributed by atoms with E-state index >= 15 is 0 Å². The molecule has 0 atom stereocenters. The van der Waals surface area contributed by atoms with Crippen LogP contribution in [0.4, 0.5) is 10.5 Å². The van der Waals surface area contributed by atoms with Crippen molar-refractivity contribution in [2.75, 3.05) is 32.1 Å². The predicted octanol–water partition coefficient (Wildman–Crippen LogP) is 3.71. The molecule has 0 unspecified atom stereocenters. The highest BCUT2D eigenvalue weighted by atomic mass is 16.3. The Kier molecular flexibility index (Phi) is 5.45. The van der Waals surface area contributed by atoms with E-state index in [-0.39, 0.29) is 17.1 Å². The normalized spacial score (nSPS) is 29.1. The number of hydrogen-bond acceptors (Lipinski definition) is 5. The number of anilines is 1. The number of hydrogen-bond donors (Lipinski definition) is 1. The standard InChI is InChI=1S/C26H35N5O2/c1-20-27-16-22(17-28-20)30-18-24(31(23(30)32)19-25(33)10-7-11-25)12-14-26(15-13-24,29(2)3)21-8-5-4-6-9-21/h4-6,8-9,16-17,33H,7,10-15,18-19H2,1-3H3/t24-,26+. The molecule has 1 aromatic carbocycles. The third-order valence-corrected chi connectivity index (χ3v) is 8.48. The molecule has 7 nitrogen and oxygen atoms in total. The molecule has 1 spiro atoms. The molecule has 7 heteroatoms. The van der Waals surface area contributed by atoms with Crippen molar-refractivity contribution in [1.29, 1.82) is 0 Å². The Hall–Kier alpha value is -2.51. The summed E-state index contributed by atoms with van der Waals surface area (Å²) in [6, 6.07) is 10.7. The van der Waals surface area contributed by atoms with E-state index in [0.29, 0.717) is 18.9 Å². The Labute approximate surface area is 196 Å². The molecule has 0 radical (unpaired) electrons. The molecule has 1 saturated heterocycles. The molecule has 1 aromatic heterocycles. The van der Waals surface area contributed by atoms with E-state index in [9.17, 15) is 9.90 Å². The summed E-state index contributed by atoms with van der Waals surface area (Å²) in [6.07, 6.45) is 9.76. The highest BCUT2D eigenvalue weighted by Crippen LogP contribution is 2.50. The maximum absolute atomic E-state index is 13.7. The number of amides is 2. The number of aryl methyl sites for hydroxylation is 1.